The number of benzene rings is 1. The minimum absolute atomic E-state index is 0.0372. The predicted molar refractivity (Wildman–Crippen MR) is 80.0 cm³/mol. The number of carboxylic acids is 1. The highest BCUT2D eigenvalue weighted by Gasteiger charge is 2.04. The largest absolute Gasteiger partial charge is 0.478 e. The first kappa shape index (κ1) is 17.4. The average Bonchev–Trinajstić information content (AvgIpc) is 2.49. The maximum absolute atomic E-state index is 10.7. The van der Waals surface area contributed by atoms with E-state index in [0.717, 1.165) is 5.69 Å². The minimum Gasteiger partial charge on any atom is -0.478 e. The van der Waals surface area contributed by atoms with E-state index in [1.807, 2.05) is 6.92 Å². The third-order valence-corrected chi connectivity index (χ3v) is 2.79. The summed E-state index contributed by atoms with van der Waals surface area (Å²) < 4.78 is 15.7. The zero-order valence-electron chi connectivity index (χ0n) is 12.5. The Balaban J connectivity index is 2.14. The summed E-state index contributed by atoms with van der Waals surface area (Å²) >= 11 is 0. The molecule has 21 heavy (non-hydrogen) atoms. The third-order valence-electron chi connectivity index (χ3n) is 2.79. The van der Waals surface area contributed by atoms with E-state index in [1.165, 1.54) is 0 Å². The van der Waals surface area contributed by atoms with Gasteiger partial charge in [-0.3, -0.25) is 0 Å². The Kier molecular flexibility index (Phi) is 8.42. The van der Waals surface area contributed by atoms with Gasteiger partial charge in [-0.2, -0.15) is 0 Å². The van der Waals surface area contributed by atoms with Crippen LogP contribution in [0.5, 0.6) is 0 Å². The van der Waals surface area contributed by atoms with Crippen molar-refractivity contribution in [3.63, 3.8) is 0 Å². The minimum atomic E-state index is -0.924. The summed E-state index contributed by atoms with van der Waals surface area (Å²) in [7, 11) is 1.64. The van der Waals surface area contributed by atoms with E-state index in [0.29, 0.717) is 33.0 Å². The number of rotatable bonds is 11. The lowest BCUT2D eigenvalue weighted by atomic mass is 10.2. The number of anilines is 1. The van der Waals surface area contributed by atoms with Gasteiger partial charge < -0.3 is 24.6 Å². The fourth-order valence-electron chi connectivity index (χ4n) is 1.60. The summed E-state index contributed by atoms with van der Waals surface area (Å²) in [5.74, 6) is -0.924. The Bertz CT molecular complexity index is 407. The molecule has 1 aromatic carbocycles. The van der Waals surface area contributed by atoms with Crippen LogP contribution in [-0.2, 0) is 14.2 Å². The molecule has 0 spiro atoms. The molecule has 6 heteroatoms. The van der Waals surface area contributed by atoms with Crippen molar-refractivity contribution < 1.29 is 24.1 Å². The van der Waals surface area contributed by atoms with Crippen molar-refractivity contribution in [3.8, 4) is 0 Å². The molecule has 0 saturated carbocycles. The van der Waals surface area contributed by atoms with E-state index >= 15 is 0 Å². The van der Waals surface area contributed by atoms with Crippen LogP contribution >= 0.6 is 0 Å². The lowest BCUT2D eigenvalue weighted by Gasteiger charge is -2.15. The summed E-state index contributed by atoms with van der Waals surface area (Å²) in [5.41, 5.74) is 1.14. The van der Waals surface area contributed by atoms with Gasteiger partial charge in [0, 0.05) is 19.3 Å². The number of carbonyl (C=O) groups is 1. The Morgan fingerprint density at radius 1 is 1.19 bits per heavy atom. The standard InChI is InChI=1S/C15H23NO5/c1-12(21-10-9-20-8-7-19-2)11-16-14-5-3-13(4-6-14)15(17)18/h3-6,12,16H,7-11H2,1-2H3,(H,17,18)/t12-/m1/s1. The molecule has 1 aromatic rings. The zero-order chi connectivity index (χ0) is 15.5. The maximum atomic E-state index is 10.7. The number of nitrogens with one attached hydrogen (secondary N) is 1. The molecule has 0 bridgehead atoms. The molecular weight excluding hydrogens is 274 g/mol. The summed E-state index contributed by atoms with van der Waals surface area (Å²) in [6.45, 7) is 4.84. The Morgan fingerprint density at radius 2 is 1.86 bits per heavy atom. The highest BCUT2D eigenvalue weighted by Crippen LogP contribution is 2.09. The molecule has 0 aliphatic heterocycles. The van der Waals surface area contributed by atoms with Crippen molar-refractivity contribution in [2.24, 2.45) is 0 Å². The first-order valence-electron chi connectivity index (χ1n) is 6.89. The van der Waals surface area contributed by atoms with E-state index in [1.54, 1.807) is 31.4 Å². The van der Waals surface area contributed by atoms with Crippen molar-refractivity contribution >= 4 is 11.7 Å². The van der Waals surface area contributed by atoms with Crippen LogP contribution in [0.4, 0.5) is 5.69 Å². The predicted octanol–water partition coefficient (Wildman–Crippen LogP) is 1.86. The van der Waals surface area contributed by atoms with Crippen LogP contribution < -0.4 is 5.32 Å². The van der Waals surface area contributed by atoms with Crippen LogP contribution in [0.1, 0.15) is 17.3 Å². The molecule has 0 aromatic heterocycles. The van der Waals surface area contributed by atoms with Crippen LogP contribution in [0.2, 0.25) is 0 Å². The number of methoxy groups -OCH3 is 1. The van der Waals surface area contributed by atoms with Gasteiger partial charge in [-0.15, -0.1) is 0 Å². The van der Waals surface area contributed by atoms with Gasteiger partial charge in [-0.1, -0.05) is 0 Å². The number of carboxylic acid groups (broad SMARTS) is 1. The van der Waals surface area contributed by atoms with Crippen LogP contribution in [0.25, 0.3) is 0 Å². The van der Waals surface area contributed by atoms with Crippen molar-refractivity contribution in [1.82, 2.24) is 0 Å². The van der Waals surface area contributed by atoms with E-state index in [4.69, 9.17) is 19.3 Å². The van der Waals surface area contributed by atoms with Crippen molar-refractivity contribution in [3.05, 3.63) is 29.8 Å². The van der Waals surface area contributed by atoms with Crippen LogP contribution in [0, 0.1) is 0 Å². The molecule has 0 heterocycles. The van der Waals surface area contributed by atoms with Crippen LogP contribution in [0.3, 0.4) is 0 Å². The summed E-state index contributed by atoms with van der Waals surface area (Å²) in [6, 6.07) is 6.62. The van der Waals surface area contributed by atoms with Gasteiger partial charge in [0.2, 0.25) is 0 Å². The zero-order valence-corrected chi connectivity index (χ0v) is 12.5. The molecule has 0 aliphatic rings. The molecule has 1 atom stereocenters. The molecule has 0 unspecified atom stereocenters. The summed E-state index contributed by atoms with van der Waals surface area (Å²) in [5, 5.41) is 12.0. The van der Waals surface area contributed by atoms with E-state index in [-0.39, 0.29) is 11.7 Å². The van der Waals surface area contributed by atoms with Crippen LogP contribution in [-0.4, -0.2) is 57.3 Å². The van der Waals surface area contributed by atoms with Crippen molar-refractivity contribution in [1.29, 1.82) is 0 Å². The number of hydrogen-bond acceptors (Lipinski definition) is 5. The number of ether oxygens (including phenoxy) is 3. The Labute approximate surface area is 125 Å². The molecular formula is C15H23NO5. The molecule has 0 amide bonds. The number of aromatic carboxylic acids is 1. The maximum Gasteiger partial charge on any atom is 0.335 e. The van der Waals surface area contributed by atoms with Crippen LogP contribution in [0.15, 0.2) is 24.3 Å². The second-order valence-electron chi connectivity index (χ2n) is 4.55. The molecule has 0 fully saturated rings. The fourth-order valence-corrected chi connectivity index (χ4v) is 1.60. The van der Waals surface area contributed by atoms with Gasteiger partial charge in [0.25, 0.3) is 0 Å². The first-order chi connectivity index (χ1) is 10.1. The highest BCUT2D eigenvalue weighted by molar-refractivity contribution is 5.87. The lowest BCUT2D eigenvalue weighted by Crippen LogP contribution is -2.22. The smallest absolute Gasteiger partial charge is 0.335 e. The summed E-state index contributed by atoms with van der Waals surface area (Å²) in [4.78, 5) is 10.7. The van der Waals surface area contributed by atoms with Gasteiger partial charge in [-0.05, 0) is 31.2 Å². The average molecular weight is 297 g/mol. The monoisotopic (exact) mass is 297 g/mol. The quantitative estimate of drug-likeness (QED) is 0.607. The van der Waals surface area contributed by atoms with Gasteiger partial charge in [0.1, 0.15) is 0 Å². The highest BCUT2D eigenvalue weighted by atomic mass is 16.5. The molecule has 2 N–H and O–H groups in total. The fraction of sp³-hybridized carbons (Fsp3) is 0.533. The first-order valence-corrected chi connectivity index (χ1v) is 6.89. The normalized spacial score (nSPS) is 12.1. The SMILES string of the molecule is COCCOCCO[C@H](C)CNc1ccc(C(=O)O)cc1. The second kappa shape index (κ2) is 10.1. The third kappa shape index (κ3) is 7.65. The van der Waals surface area contributed by atoms with Gasteiger partial charge in [-0.25, -0.2) is 4.79 Å². The van der Waals surface area contributed by atoms with Gasteiger partial charge >= 0.3 is 5.97 Å². The summed E-state index contributed by atoms with van der Waals surface area (Å²) in [6.07, 6.45) is 0.0372. The van der Waals surface area contributed by atoms with E-state index < -0.39 is 5.97 Å². The van der Waals surface area contributed by atoms with E-state index in [2.05, 4.69) is 5.32 Å². The molecule has 0 radical (unpaired) electrons. The molecule has 1 rings (SSSR count). The Morgan fingerprint density at radius 3 is 2.48 bits per heavy atom. The topological polar surface area (TPSA) is 77.0 Å². The number of hydrogen-bond donors (Lipinski definition) is 2. The Hall–Kier alpha value is -1.63. The van der Waals surface area contributed by atoms with E-state index in [9.17, 15) is 4.79 Å². The molecule has 6 nitrogen and oxygen atoms in total. The molecule has 118 valence electrons. The van der Waals surface area contributed by atoms with Crippen molar-refractivity contribution in [2.75, 3.05) is 45.4 Å². The van der Waals surface area contributed by atoms with Gasteiger partial charge in [0.05, 0.1) is 38.1 Å². The molecule has 0 saturated heterocycles. The lowest BCUT2D eigenvalue weighted by molar-refractivity contribution is 0.00356. The molecule has 0 aliphatic carbocycles. The van der Waals surface area contributed by atoms with Crippen molar-refractivity contribution in [2.45, 2.75) is 13.0 Å². The second-order valence-corrected chi connectivity index (χ2v) is 4.55. The van der Waals surface area contributed by atoms with Gasteiger partial charge in [0.15, 0.2) is 0 Å².